The minimum absolute atomic E-state index is 0.110. The molecule has 1 heterocycles. The van der Waals surface area contributed by atoms with Crippen LogP contribution in [0.1, 0.15) is 57.8 Å². The van der Waals surface area contributed by atoms with Crippen LogP contribution in [0.15, 0.2) is 18.3 Å². The summed E-state index contributed by atoms with van der Waals surface area (Å²) in [5.41, 5.74) is 0.716. The van der Waals surface area contributed by atoms with Crippen molar-refractivity contribution in [1.29, 1.82) is 0 Å². The van der Waals surface area contributed by atoms with E-state index in [0.717, 1.165) is 31.7 Å². The van der Waals surface area contributed by atoms with Crippen molar-refractivity contribution in [3.8, 4) is 0 Å². The molecular formula is C17H29N3O. The van der Waals surface area contributed by atoms with Gasteiger partial charge in [0.25, 0.3) is 5.91 Å². The minimum Gasteiger partial charge on any atom is -0.370 e. The quantitative estimate of drug-likeness (QED) is 0.792. The molecule has 0 aliphatic carbocycles. The molecule has 0 aromatic carbocycles. The van der Waals surface area contributed by atoms with E-state index in [4.69, 9.17) is 0 Å². The Labute approximate surface area is 129 Å². The van der Waals surface area contributed by atoms with Crippen LogP contribution in [-0.2, 0) is 0 Å². The zero-order chi connectivity index (χ0) is 15.8. The number of carbonyl (C=O) groups excluding carboxylic acids is 1. The van der Waals surface area contributed by atoms with Crippen molar-refractivity contribution in [1.82, 2.24) is 9.88 Å². The average molecular weight is 291 g/mol. The van der Waals surface area contributed by atoms with Gasteiger partial charge in [0.05, 0.1) is 0 Å². The molecule has 0 aliphatic heterocycles. The van der Waals surface area contributed by atoms with Crippen LogP contribution >= 0.6 is 0 Å². The molecule has 0 fully saturated rings. The van der Waals surface area contributed by atoms with Crippen molar-refractivity contribution in [2.24, 2.45) is 5.92 Å². The average Bonchev–Trinajstić information content (AvgIpc) is 2.47. The summed E-state index contributed by atoms with van der Waals surface area (Å²) in [7, 11) is 0. The third-order valence-electron chi connectivity index (χ3n) is 3.57. The number of carbonyl (C=O) groups is 1. The molecule has 0 atom stereocenters. The molecule has 4 nitrogen and oxygen atoms in total. The molecule has 1 rings (SSSR count). The molecule has 0 unspecified atom stereocenters. The summed E-state index contributed by atoms with van der Waals surface area (Å²) in [6.45, 7) is 12.2. The number of hydrogen-bond donors (Lipinski definition) is 1. The zero-order valence-electron chi connectivity index (χ0n) is 14.0. The van der Waals surface area contributed by atoms with Crippen LogP contribution < -0.4 is 5.32 Å². The first kappa shape index (κ1) is 17.5. The maximum absolute atomic E-state index is 12.9. The molecule has 0 saturated carbocycles. The summed E-state index contributed by atoms with van der Waals surface area (Å²) >= 11 is 0. The summed E-state index contributed by atoms with van der Waals surface area (Å²) in [6.07, 6.45) is 3.67. The SMILES string of the molecule is CCNc1cc(C(=O)N(CC(C)C)C(CC)CC)ccn1. The Hall–Kier alpha value is -1.58. The van der Waals surface area contributed by atoms with Gasteiger partial charge in [-0.3, -0.25) is 4.79 Å². The van der Waals surface area contributed by atoms with Gasteiger partial charge in [-0.15, -0.1) is 0 Å². The van der Waals surface area contributed by atoms with Gasteiger partial charge in [-0.2, -0.15) is 0 Å². The van der Waals surface area contributed by atoms with Gasteiger partial charge in [0, 0.05) is 30.9 Å². The minimum atomic E-state index is 0.110. The number of pyridine rings is 1. The fourth-order valence-corrected chi connectivity index (χ4v) is 2.53. The van der Waals surface area contributed by atoms with E-state index in [0.29, 0.717) is 17.5 Å². The maximum Gasteiger partial charge on any atom is 0.254 e. The largest absolute Gasteiger partial charge is 0.370 e. The predicted octanol–water partition coefficient (Wildman–Crippen LogP) is 3.80. The van der Waals surface area contributed by atoms with E-state index in [1.165, 1.54) is 0 Å². The smallest absolute Gasteiger partial charge is 0.254 e. The highest BCUT2D eigenvalue weighted by molar-refractivity contribution is 5.95. The summed E-state index contributed by atoms with van der Waals surface area (Å²) in [5, 5.41) is 3.16. The number of rotatable bonds is 8. The molecule has 1 aromatic rings. The van der Waals surface area contributed by atoms with Crippen molar-refractivity contribution in [2.75, 3.05) is 18.4 Å². The summed E-state index contributed by atoms with van der Waals surface area (Å²) in [5.74, 6) is 1.33. The second-order valence-electron chi connectivity index (χ2n) is 5.78. The van der Waals surface area contributed by atoms with Gasteiger partial charge in [0.15, 0.2) is 0 Å². The van der Waals surface area contributed by atoms with Crippen molar-refractivity contribution in [3.63, 3.8) is 0 Å². The number of aromatic nitrogens is 1. The third kappa shape index (κ3) is 5.03. The zero-order valence-corrected chi connectivity index (χ0v) is 14.0. The van der Waals surface area contributed by atoms with Gasteiger partial charge in [-0.05, 0) is 37.8 Å². The molecule has 1 amide bonds. The molecule has 1 N–H and O–H groups in total. The van der Waals surface area contributed by atoms with Gasteiger partial charge in [-0.1, -0.05) is 27.7 Å². The lowest BCUT2D eigenvalue weighted by Gasteiger charge is -2.32. The highest BCUT2D eigenvalue weighted by Crippen LogP contribution is 2.17. The van der Waals surface area contributed by atoms with Gasteiger partial charge in [0.2, 0.25) is 0 Å². The molecule has 0 saturated heterocycles. The van der Waals surface area contributed by atoms with E-state index < -0.39 is 0 Å². The van der Waals surface area contributed by atoms with Crippen LogP contribution in [0.5, 0.6) is 0 Å². The van der Waals surface area contributed by atoms with Gasteiger partial charge in [-0.25, -0.2) is 4.98 Å². The Morgan fingerprint density at radius 3 is 2.48 bits per heavy atom. The van der Waals surface area contributed by atoms with Crippen LogP contribution in [0.2, 0.25) is 0 Å². The van der Waals surface area contributed by atoms with Gasteiger partial charge >= 0.3 is 0 Å². The number of nitrogens with one attached hydrogen (secondary N) is 1. The highest BCUT2D eigenvalue weighted by atomic mass is 16.2. The van der Waals surface area contributed by atoms with Crippen LogP contribution in [0.3, 0.4) is 0 Å². The molecule has 21 heavy (non-hydrogen) atoms. The van der Waals surface area contributed by atoms with E-state index in [1.807, 2.05) is 17.9 Å². The molecule has 118 valence electrons. The van der Waals surface area contributed by atoms with E-state index in [-0.39, 0.29) is 5.91 Å². The standard InChI is InChI=1S/C17H29N3O/c1-6-15(7-2)20(12-13(4)5)17(21)14-9-10-19-16(11-14)18-8-3/h9-11,13,15H,6-8,12H2,1-5H3,(H,18,19). The third-order valence-corrected chi connectivity index (χ3v) is 3.57. The molecule has 0 aliphatic rings. The first-order valence-electron chi connectivity index (χ1n) is 8.04. The highest BCUT2D eigenvalue weighted by Gasteiger charge is 2.23. The number of amides is 1. The molecular weight excluding hydrogens is 262 g/mol. The predicted molar refractivity (Wildman–Crippen MR) is 88.6 cm³/mol. The van der Waals surface area contributed by atoms with Crippen LogP contribution in [0.25, 0.3) is 0 Å². The number of anilines is 1. The van der Waals surface area contributed by atoms with Crippen molar-refractivity contribution >= 4 is 11.7 Å². The molecule has 0 bridgehead atoms. The Bertz CT molecular complexity index is 441. The Kier molecular flexibility index (Phi) is 7.20. The van der Waals surface area contributed by atoms with Crippen molar-refractivity contribution in [3.05, 3.63) is 23.9 Å². The van der Waals surface area contributed by atoms with Gasteiger partial charge in [0.1, 0.15) is 5.82 Å². The lowest BCUT2D eigenvalue weighted by atomic mass is 10.1. The molecule has 1 aromatic heterocycles. The topological polar surface area (TPSA) is 45.2 Å². The summed E-state index contributed by atoms with van der Waals surface area (Å²) in [6, 6.07) is 3.95. The van der Waals surface area contributed by atoms with E-state index in [2.05, 4.69) is 38.0 Å². The monoisotopic (exact) mass is 291 g/mol. The van der Waals surface area contributed by atoms with E-state index >= 15 is 0 Å². The van der Waals surface area contributed by atoms with Crippen molar-refractivity contribution < 1.29 is 4.79 Å². The maximum atomic E-state index is 12.9. The lowest BCUT2D eigenvalue weighted by molar-refractivity contribution is 0.0640. The Morgan fingerprint density at radius 2 is 1.95 bits per heavy atom. The molecule has 0 radical (unpaired) electrons. The lowest BCUT2D eigenvalue weighted by Crippen LogP contribution is -2.42. The Morgan fingerprint density at radius 1 is 1.29 bits per heavy atom. The van der Waals surface area contributed by atoms with E-state index in [1.54, 1.807) is 12.3 Å². The summed E-state index contributed by atoms with van der Waals surface area (Å²) in [4.78, 5) is 19.1. The fraction of sp³-hybridized carbons (Fsp3) is 0.647. The molecule has 4 heteroatoms. The Balaban J connectivity index is 3.00. The van der Waals surface area contributed by atoms with Crippen LogP contribution in [-0.4, -0.2) is 34.9 Å². The number of hydrogen-bond acceptors (Lipinski definition) is 3. The summed E-state index contributed by atoms with van der Waals surface area (Å²) < 4.78 is 0. The second kappa shape index (κ2) is 8.65. The molecule has 0 spiro atoms. The van der Waals surface area contributed by atoms with Crippen LogP contribution in [0.4, 0.5) is 5.82 Å². The normalized spacial score (nSPS) is 11.0. The first-order valence-corrected chi connectivity index (χ1v) is 8.04. The van der Waals surface area contributed by atoms with Crippen molar-refractivity contribution in [2.45, 2.75) is 53.5 Å². The van der Waals surface area contributed by atoms with Crippen LogP contribution in [0, 0.1) is 5.92 Å². The number of nitrogens with zero attached hydrogens (tertiary/aromatic N) is 2. The fourth-order valence-electron chi connectivity index (χ4n) is 2.53. The van der Waals surface area contributed by atoms with E-state index in [9.17, 15) is 4.79 Å². The second-order valence-corrected chi connectivity index (χ2v) is 5.78. The van der Waals surface area contributed by atoms with Gasteiger partial charge < -0.3 is 10.2 Å². The first-order chi connectivity index (χ1) is 10.0.